The summed E-state index contributed by atoms with van der Waals surface area (Å²) >= 11 is 0. The van der Waals surface area contributed by atoms with Gasteiger partial charge in [-0.1, -0.05) is 0 Å². The Labute approximate surface area is 107 Å². The quantitative estimate of drug-likeness (QED) is 0.812. The summed E-state index contributed by atoms with van der Waals surface area (Å²) < 4.78 is 45.8. The largest absolute Gasteiger partial charge is 0.493 e. The summed E-state index contributed by atoms with van der Waals surface area (Å²) in [6, 6.07) is 3.90. The fourth-order valence-electron chi connectivity index (χ4n) is 1.37. The van der Waals surface area contributed by atoms with Gasteiger partial charge in [0.15, 0.2) is 11.5 Å². The average Bonchev–Trinajstić information content (AvgIpc) is 2.33. The molecule has 0 saturated heterocycles. The highest BCUT2D eigenvalue weighted by atomic mass is 19.4. The van der Waals surface area contributed by atoms with Crippen LogP contribution in [0.1, 0.15) is 23.2 Å². The second-order valence-corrected chi connectivity index (χ2v) is 3.74. The number of aromatic carboxylic acids is 1. The zero-order valence-corrected chi connectivity index (χ0v) is 10.2. The van der Waals surface area contributed by atoms with Crippen LogP contribution in [0.15, 0.2) is 18.2 Å². The van der Waals surface area contributed by atoms with Gasteiger partial charge in [-0.3, -0.25) is 0 Å². The fraction of sp³-hybridized carbons (Fsp3) is 0.417. The lowest BCUT2D eigenvalue weighted by molar-refractivity contribution is -0.136. The molecular formula is C12H13F3O4. The zero-order valence-electron chi connectivity index (χ0n) is 10.2. The van der Waals surface area contributed by atoms with Crippen molar-refractivity contribution in [1.82, 2.24) is 0 Å². The van der Waals surface area contributed by atoms with Crippen LogP contribution in [-0.4, -0.2) is 31.0 Å². The first-order valence-corrected chi connectivity index (χ1v) is 5.44. The first-order valence-electron chi connectivity index (χ1n) is 5.44. The molecule has 0 spiro atoms. The number of carboxylic acid groups (broad SMARTS) is 1. The predicted molar refractivity (Wildman–Crippen MR) is 60.7 cm³/mol. The van der Waals surface area contributed by atoms with Crippen LogP contribution in [0.4, 0.5) is 13.2 Å². The summed E-state index contributed by atoms with van der Waals surface area (Å²) in [5.74, 6) is -0.733. The molecule has 0 aliphatic rings. The van der Waals surface area contributed by atoms with Gasteiger partial charge in [-0.15, -0.1) is 0 Å². The summed E-state index contributed by atoms with van der Waals surface area (Å²) in [5, 5.41) is 8.78. The number of rotatable bonds is 6. The van der Waals surface area contributed by atoms with Crippen molar-refractivity contribution in [2.75, 3.05) is 13.7 Å². The topological polar surface area (TPSA) is 55.8 Å². The minimum atomic E-state index is -4.21. The molecule has 1 N–H and O–H groups in total. The van der Waals surface area contributed by atoms with Crippen molar-refractivity contribution in [1.29, 1.82) is 0 Å². The smallest absolute Gasteiger partial charge is 0.389 e. The van der Waals surface area contributed by atoms with Gasteiger partial charge in [-0.25, -0.2) is 4.79 Å². The van der Waals surface area contributed by atoms with Crippen molar-refractivity contribution >= 4 is 5.97 Å². The molecule has 0 aromatic heterocycles. The predicted octanol–water partition coefficient (Wildman–Crippen LogP) is 3.11. The van der Waals surface area contributed by atoms with Crippen LogP contribution in [0.25, 0.3) is 0 Å². The second-order valence-electron chi connectivity index (χ2n) is 3.74. The van der Waals surface area contributed by atoms with E-state index < -0.39 is 18.6 Å². The summed E-state index contributed by atoms with van der Waals surface area (Å²) in [5.41, 5.74) is 0.0134. The van der Waals surface area contributed by atoms with Crippen LogP contribution in [0.3, 0.4) is 0 Å². The Kier molecular flexibility index (Phi) is 5.02. The van der Waals surface area contributed by atoms with Crippen LogP contribution >= 0.6 is 0 Å². The summed E-state index contributed by atoms with van der Waals surface area (Å²) in [4.78, 5) is 10.7. The van der Waals surface area contributed by atoms with E-state index >= 15 is 0 Å². The molecule has 1 rings (SSSR count). The van der Waals surface area contributed by atoms with Crippen molar-refractivity contribution < 1.29 is 32.5 Å². The van der Waals surface area contributed by atoms with Gasteiger partial charge < -0.3 is 14.6 Å². The SMILES string of the molecule is COc1cc(C(=O)O)ccc1OCCCC(F)(F)F. The number of carbonyl (C=O) groups is 1. The number of ether oxygens (including phenoxy) is 2. The van der Waals surface area contributed by atoms with E-state index in [4.69, 9.17) is 14.6 Å². The molecule has 106 valence electrons. The van der Waals surface area contributed by atoms with E-state index in [1.807, 2.05) is 0 Å². The molecule has 1 aromatic carbocycles. The molecule has 0 amide bonds. The highest BCUT2D eigenvalue weighted by Crippen LogP contribution is 2.29. The molecular weight excluding hydrogens is 265 g/mol. The van der Waals surface area contributed by atoms with E-state index in [0.717, 1.165) is 0 Å². The standard InChI is InChI=1S/C12H13F3O4/c1-18-10-7-8(11(16)17)3-4-9(10)19-6-2-5-12(13,14)15/h3-4,7H,2,5-6H2,1H3,(H,16,17). The molecule has 0 heterocycles. The number of benzene rings is 1. The van der Waals surface area contributed by atoms with Gasteiger partial charge in [0.1, 0.15) is 0 Å². The van der Waals surface area contributed by atoms with E-state index in [2.05, 4.69) is 0 Å². The Morgan fingerprint density at radius 2 is 2.00 bits per heavy atom. The Morgan fingerprint density at radius 3 is 2.53 bits per heavy atom. The zero-order chi connectivity index (χ0) is 14.5. The lowest BCUT2D eigenvalue weighted by Crippen LogP contribution is -2.10. The normalized spacial score (nSPS) is 11.2. The number of alkyl halides is 3. The van der Waals surface area contributed by atoms with Gasteiger partial charge in [0.2, 0.25) is 0 Å². The van der Waals surface area contributed by atoms with Crippen LogP contribution in [-0.2, 0) is 0 Å². The maximum atomic E-state index is 11.9. The molecule has 0 aliphatic heterocycles. The molecule has 0 atom stereocenters. The summed E-state index contributed by atoms with van der Waals surface area (Å²) in [7, 11) is 1.32. The Morgan fingerprint density at radius 1 is 1.32 bits per heavy atom. The molecule has 0 radical (unpaired) electrons. The van der Waals surface area contributed by atoms with E-state index in [1.54, 1.807) is 0 Å². The van der Waals surface area contributed by atoms with Crippen molar-refractivity contribution in [3.63, 3.8) is 0 Å². The number of hydrogen-bond donors (Lipinski definition) is 1. The van der Waals surface area contributed by atoms with Gasteiger partial charge in [-0.2, -0.15) is 13.2 Å². The Bertz CT molecular complexity index is 443. The highest BCUT2D eigenvalue weighted by molar-refractivity contribution is 5.88. The van der Waals surface area contributed by atoms with E-state index in [1.165, 1.54) is 25.3 Å². The van der Waals surface area contributed by atoms with E-state index in [9.17, 15) is 18.0 Å². The molecule has 7 heteroatoms. The third-order valence-corrected chi connectivity index (χ3v) is 2.27. The number of carboxylic acids is 1. The van der Waals surface area contributed by atoms with Crippen molar-refractivity contribution in [2.45, 2.75) is 19.0 Å². The average molecular weight is 278 g/mol. The lowest BCUT2D eigenvalue weighted by atomic mass is 10.2. The lowest BCUT2D eigenvalue weighted by Gasteiger charge is -2.11. The van der Waals surface area contributed by atoms with E-state index in [0.29, 0.717) is 0 Å². The number of methoxy groups -OCH3 is 1. The van der Waals surface area contributed by atoms with Crippen molar-refractivity contribution in [2.24, 2.45) is 0 Å². The Hall–Kier alpha value is -1.92. The molecule has 4 nitrogen and oxygen atoms in total. The second kappa shape index (κ2) is 6.31. The summed E-state index contributed by atoms with van der Waals surface area (Å²) in [6.07, 6.45) is -5.31. The number of halogens is 3. The van der Waals surface area contributed by atoms with Gasteiger partial charge in [-0.05, 0) is 24.6 Å². The third kappa shape index (κ3) is 5.07. The van der Waals surface area contributed by atoms with Crippen molar-refractivity contribution in [3.05, 3.63) is 23.8 Å². The molecule has 0 fully saturated rings. The van der Waals surface area contributed by atoms with E-state index in [-0.39, 0.29) is 30.1 Å². The Balaban J connectivity index is 2.61. The van der Waals surface area contributed by atoms with Crippen LogP contribution in [0, 0.1) is 0 Å². The molecule has 0 aliphatic carbocycles. The first kappa shape index (κ1) is 15.1. The van der Waals surface area contributed by atoms with Gasteiger partial charge in [0.05, 0.1) is 19.3 Å². The van der Waals surface area contributed by atoms with Crippen LogP contribution in [0.5, 0.6) is 11.5 Å². The molecule has 19 heavy (non-hydrogen) atoms. The monoisotopic (exact) mass is 278 g/mol. The molecule has 0 saturated carbocycles. The third-order valence-electron chi connectivity index (χ3n) is 2.27. The summed E-state index contributed by atoms with van der Waals surface area (Å²) in [6.45, 7) is -0.123. The minimum absolute atomic E-state index is 0.0134. The van der Waals surface area contributed by atoms with Crippen molar-refractivity contribution in [3.8, 4) is 11.5 Å². The fourth-order valence-corrected chi connectivity index (χ4v) is 1.37. The van der Waals surface area contributed by atoms with Crippen LogP contribution in [0.2, 0.25) is 0 Å². The van der Waals surface area contributed by atoms with Gasteiger partial charge >= 0.3 is 12.1 Å². The molecule has 0 bridgehead atoms. The van der Waals surface area contributed by atoms with Gasteiger partial charge in [0.25, 0.3) is 0 Å². The minimum Gasteiger partial charge on any atom is -0.493 e. The molecule has 1 aromatic rings. The molecule has 0 unspecified atom stereocenters. The highest BCUT2D eigenvalue weighted by Gasteiger charge is 2.26. The van der Waals surface area contributed by atoms with Crippen LogP contribution < -0.4 is 9.47 Å². The first-order chi connectivity index (χ1) is 8.83. The maximum Gasteiger partial charge on any atom is 0.389 e. The maximum absolute atomic E-state index is 11.9. The number of hydrogen-bond acceptors (Lipinski definition) is 3. The van der Waals surface area contributed by atoms with Gasteiger partial charge in [0, 0.05) is 6.42 Å².